The Kier molecular flexibility index (Phi) is 13.5. The molecule has 10 nitrogen and oxygen atoms in total. The van der Waals surface area contributed by atoms with E-state index in [1.807, 2.05) is 65.8 Å². The summed E-state index contributed by atoms with van der Waals surface area (Å²) < 4.78 is 4.97. The van der Waals surface area contributed by atoms with Crippen LogP contribution < -0.4 is 0 Å². The van der Waals surface area contributed by atoms with E-state index in [0.717, 1.165) is 102 Å². The minimum absolute atomic E-state index is 0.0172. The molecule has 2 amide bonds. The molecular weight excluding hydrogens is 773 g/mol. The van der Waals surface area contributed by atoms with Gasteiger partial charge in [0.2, 0.25) is 11.8 Å². The highest BCUT2D eigenvalue weighted by Gasteiger charge is 2.39. The van der Waals surface area contributed by atoms with Gasteiger partial charge in [0.05, 0.1) is 31.1 Å². The zero-order chi connectivity index (χ0) is 43.0. The number of esters is 1. The van der Waals surface area contributed by atoms with E-state index in [-0.39, 0.29) is 54.7 Å². The molecule has 0 bridgehead atoms. The number of H-pyrrole nitrogens is 1. The van der Waals surface area contributed by atoms with Crippen molar-refractivity contribution in [3.8, 4) is 22.4 Å². The molecule has 320 valence electrons. The van der Waals surface area contributed by atoms with Crippen LogP contribution in [0.25, 0.3) is 28.0 Å². The first-order valence-electron chi connectivity index (χ1n) is 22.3. The summed E-state index contributed by atoms with van der Waals surface area (Å²) in [6, 6.07) is 36.9. The number of nitrogens with one attached hydrogen (secondary N) is 1. The highest BCUT2D eigenvalue weighted by atomic mass is 16.5. The van der Waals surface area contributed by atoms with Crippen LogP contribution in [0.2, 0.25) is 0 Å². The maximum absolute atomic E-state index is 14.3. The fraction of sp³-hybridized carbons (Fsp3) is 0.365. The highest BCUT2D eigenvalue weighted by Crippen LogP contribution is 2.36. The fourth-order valence-corrected chi connectivity index (χ4v) is 9.66. The lowest BCUT2D eigenvalue weighted by molar-refractivity contribution is -0.142. The Balaban J connectivity index is 0.880. The molecule has 62 heavy (non-hydrogen) atoms. The van der Waals surface area contributed by atoms with E-state index in [0.29, 0.717) is 13.0 Å². The molecule has 1 aromatic heterocycles. The van der Waals surface area contributed by atoms with Crippen molar-refractivity contribution in [3.05, 3.63) is 144 Å². The van der Waals surface area contributed by atoms with Gasteiger partial charge in [-0.2, -0.15) is 0 Å². The molecule has 0 saturated carbocycles. The number of likely N-dealkylation sites (N-methyl/N-ethyl adjacent to an activating group) is 1. The summed E-state index contributed by atoms with van der Waals surface area (Å²) in [6.45, 7) is 7.29. The molecule has 2 saturated heterocycles. The molecule has 10 heteroatoms. The summed E-state index contributed by atoms with van der Waals surface area (Å²) in [6.07, 6.45) is 9.36. The number of methoxy groups -OCH3 is 1. The standard InChI is InChI=1S/C52H58N6O4/c1-4-56(5-2)50(42-16-10-7-11-17-42)52(61)58-29-12-18-46(58)44-33-43(34-53-44)40-22-20-38(21-23-40)39-24-26-41(27-25-39)45-35-54-51(55-45)47-19-13-28-57(47)48(59)31-37(32-49(60)62-3)30-36-14-8-6-9-15-36/h6-11,14-17,20-27,34-35,37,46-47,50H,4-5,12-13,18-19,28-33H2,1-3H3,(H,54,55)/t37-,46+,47+,50?/m1/s1. The Bertz CT molecular complexity index is 2370. The monoisotopic (exact) mass is 830 g/mol. The van der Waals surface area contributed by atoms with Gasteiger partial charge in [-0.25, -0.2) is 4.98 Å². The molecule has 2 fully saturated rings. The van der Waals surface area contributed by atoms with Crippen molar-refractivity contribution in [3.63, 3.8) is 0 Å². The number of amides is 2. The number of allylic oxidation sites excluding steroid dienone is 1. The Morgan fingerprint density at radius 3 is 2.03 bits per heavy atom. The van der Waals surface area contributed by atoms with Gasteiger partial charge >= 0.3 is 5.97 Å². The molecule has 3 aliphatic heterocycles. The number of aromatic nitrogens is 2. The van der Waals surface area contributed by atoms with E-state index in [1.54, 1.807) is 0 Å². The summed E-state index contributed by atoms with van der Waals surface area (Å²) in [7, 11) is 1.39. The van der Waals surface area contributed by atoms with Crippen molar-refractivity contribution < 1.29 is 19.1 Å². The number of rotatable bonds is 16. The third-order valence-corrected chi connectivity index (χ3v) is 13.0. The van der Waals surface area contributed by atoms with Gasteiger partial charge in [0, 0.05) is 44.3 Å². The number of ether oxygens (including phenoxy) is 1. The Hall–Kier alpha value is -6.13. The number of carbonyl (C=O) groups excluding carboxylic acids is 3. The van der Waals surface area contributed by atoms with Crippen LogP contribution in [0.1, 0.15) is 93.4 Å². The molecule has 3 aliphatic rings. The summed E-state index contributed by atoms with van der Waals surface area (Å²) in [5.41, 5.74) is 9.71. The predicted molar refractivity (Wildman–Crippen MR) is 245 cm³/mol. The van der Waals surface area contributed by atoms with Crippen LogP contribution in [0, 0.1) is 5.92 Å². The average molecular weight is 831 g/mol. The van der Waals surface area contributed by atoms with Gasteiger partial charge in [0.15, 0.2) is 0 Å². The maximum atomic E-state index is 14.3. The third kappa shape index (κ3) is 9.50. The molecule has 1 N–H and O–H groups in total. The van der Waals surface area contributed by atoms with E-state index in [2.05, 4.69) is 89.3 Å². The molecule has 1 unspecified atom stereocenters. The van der Waals surface area contributed by atoms with Crippen LogP contribution in [0.5, 0.6) is 0 Å². The molecule has 0 spiro atoms. The average Bonchev–Trinajstić information content (AvgIpc) is 4.16. The molecule has 8 rings (SSSR count). The van der Waals surface area contributed by atoms with Crippen molar-refractivity contribution in [1.29, 1.82) is 0 Å². The minimum atomic E-state index is -0.299. The van der Waals surface area contributed by atoms with Crippen LogP contribution in [-0.4, -0.2) is 87.5 Å². The number of aliphatic imine (C=N–C) groups is 1. The predicted octanol–water partition coefficient (Wildman–Crippen LogP) is 9.48. The number of carbonyl (C=O) groups is 3. The number of imidazole rings is 1. The molecule has 4 aromatic carbocycles. The summed E-state index contributed by atoms with van der Waals surface area (Å²) in [4.78, 5) is 59.8. The number of likely N-dealkylation sites (tertiary alicyclic amines) is 2. The van der Waals surface area contributed by atoms with Crippen molar-refractivity contribution in [2.24, 2.45) is 10.9 Å². The molecular formula is C52H58N6O4. The second-order valence-corrected chi connectivity index (χ2v) is 16.8. The fourth-order valence-electron chi connectivity index (χ4n) is 9.66. The third-order valence-electron chi connectivity index (χ3n) is 13.0. The smallest absolute Gasteiger partial charge is 0.305 e. The first-order chi connectivity index (χ1) is 30.3. The second-order valence-electron chi connectivity index (χ2n) is 16.8. The normalized spacial score (nSPS) is 18.5. The topological polar surface area (TPSA) is 111 Å². The largest absolute Gasteiger partial charge is 0.469 e. The van der Waals surface area contributed by atoms with Crippen LogP contribution in [0.4, 0.5) is 0 Å². The van der Waals surface area contributed by atoms with E-state index >= 15 is 0 Å². The lowest BCUT2D eigenvalue weighted by atomic mass is 9.92. The second kappa shape index (κ2) is 19.7. The first-order valence-corrected chi connectivity index (χ1v) is 22.3. The summed E-state index contributed by atoms with van der Waals surface area (Å²) in [5, 5.41) is 0. The Morgan fingerprint density at radius 2 is 1.37 bits per heavy atom. The van der Waals surface area contributed by atoms with Gasteiger partial charge in [0.25, 0.3) is 0 Å². The van der Waals surface area contributed by atoms with Gasteiger partial charge in [0.1, 0.15) is 11.9 Å². The summed E-state index contributed by atoms with van der Waals surface area (Å²) in [5.74, 6) is 0.554. The van der Waals surface area contributed by atoms with Gasteiger partial charge in [-0.3, -0.25) is 24.3 Å². The van der Waals surface area contributed by atoms with E-state index in [4.69, 9.17) is 14.7 Å². The van der Waals surface area contributed by atoms with E-state index < -0.39 is 0 Å². The van der Waals surface area contributed by atoms with Crippen LogP contribution in [0.15, 0.2) is 127 Å². The van der Waals surface area contributed by atoms with Gasteiger partial charge in [-0.05, 0) is 90.1 Å². The Morgan fingerprint density at radius 1 is 0.758 bits per heavy atom. The quantitative estimate of drug-likeness (QED) is 0.0993. The van der Waals surface area contributed by atoms with Gasteiger partial charge in [-0.1, -0.05) is 123 Å². The number of hydrogen-bond donors (Lipinski definition) is 1. The van der Waals surface area contributed by atoms with Crippen LogP contribution in [0.3, 0.4) is 0 Å². The zero-order valence-electron chi connectivity index (χ0n) is 36.2. The minimum Gasteiger partial charge on any atom is -0.469 e. The van der Waals surface area contributed by atoms with Crippen LogP contribution in [-0.2, 0) is 25.5 Å². The van der Waals surface area contributed by atoms with Crippen molar-refractivity contribution in [2.45, 2.75) is 83.3 Å². The van der Waals surface area contributed by atoms with Crippen molar-refractivity contribution in [1.82, 2.24) is 24.7 Å². The molecule has 4 atom stereocenters. The lowest BCUT2D eigenvalue weighted by Gasteiger charge is -2.35. The number of hydrogen-bond acceptors (Lipinski definition) is 7. The van der Waals surface area contributed by atoms with Crippen LogP contribution >= 0.6 is 0 Å². The highest BCUT2D eigenvalue weighted by molar-refractivity contribution is 6.03. The SMILES string of the molecule is CCN(CC)C(C(=O)N1CCC[C@H]1C1=NC=C(c2ccc(-c3ccc(-c4cnc([C@@H]5CCCN5C(=O)C[C@H](CC(=O)OC)Cc5ccccc5)[nH]4)cc3)cc2)C1)c1ccccc1. The molecule has 0 radical (unpaired) electrons. The maximum Gasteiger partial charge on any atom is 0.305 e. The molecule has 5 aromatic rings. The van der Waals surface area contributed by atoms with Gasteiger partial charge in [-0.15, -0.1) is 0 Å². The van der Waals surface area contributed by atoms with E-state index in [1.165, 1.54) is 12.7 Å². The lowest BCUT2D eigenvalue weighted by Crippen LogP contribution is -2.47. The number of nitrogens with zero attached hydrogens (tertiary/aromatic N) is 5. The van der Waals surface area contributed by atoms with E-state index in [9.17, 15) is 14.4 Å². The number of benzene rings is 4. The zero-order valence-corrected chi connectivity index (χ0v) is 36.2. The first kappa shape index (κ1) is 42.6. The Labute approximate surface area is 365 Å². The number of aromatic amines is 1. The van der Waals surface area contributed by atoms with Crippen molar-refractivity contribution >= 4 is 29.1 Å². The summed E-state index contributed by atoms with van der Waals surface area (Å²) >= 11 is 0. The van der Waals surface area contributed by atoms with Crippen molar-refractivity contribution in [2.75, 3.05) is 33.3 Å². The molecule has 4 heterocycles. The van der Waals surface area contributed by atoms with Gasteiger partial charge < -0.3 is 19.5 Å². The molecule has 0 aliphatic carbocycles.